The van der Waals surface area contributed by atoms with Crippen molar-refractivity contribution in [2.24, 2.45) is 16.7 Å². The number of nitrogens with zero attached hydrogens (tertiary/aromatic N) is 1. The lowest BCUT2D eigenvalue weighted by Gasteiger charge is -2.60. The van der Waals surface area contributed by atoms with Crippen LogP contribution in [-0.2, 0) is 23.8 Å². The number of benzene rings is 1. The first-order valence-corrected chi connectivity index (χ1v) is 11.1. The first kappa shape index (κ1) is 23.9. The molecule has 0 aromatic heterocycles. The lowest BCUT2D eigenvalue weighted by molar-refractivity contribution is -0.384. The zero-order valence-corrected chi connectivity index (χ0v) is 19.2. The molecular weight excluding hydrogens is 446 g/mol. The lowest BCUT2D eigenvalue weighted by Crippen LogP contribution is -2.65. The van der Waals surface area contributed by atoms with Crippen molar-refractivity contribution in [3.63, 3.8) is 0 Å². The highest BCUT2D eigenvalue weighted by molar-refractivity contribution is 5.94. The number of hydrogen-bond acceptors (Lipinski definition) is 9. The molecule has 1 aromatic rings. The van der Waals surface area contributed by atoms with E-state index >= 15 is 0 Å². The predicted molar refractivity (Wildman–Crippen MR) is 116 cm³/mol. The maximum Gasteiger partial charge on any atom is 0.338 e. The summed E-state index contributed by atoms with van der Waals surface area (Å²) in [5.74, 6) is -2.33. The monoisotopic (exact) mass is 473 g/mol. The van der Waals surface area contributed by atoms with Crippen molar-refractivity contribution in [1.82, 2.24) is 0 Å². The van der Waals surface area contributed by atoms with Crippen LogP contribution >= 0.6 is 0 Å². The molecule has 1 saturated heterocycles. The van der Waals surface area contributed by atoms with Gasteiger partial charge in [-0.15, -0.1) is 0 Å². The van der Waals surface area contributed by atoms with Crippen LogP contribution in [0.15, 0.2) is 35.9 Å². The number of non-ortho nitro benzene ring substituents is 1. The van der Waals surface area contributed by atoms with Crippen LogP contribution in [0.4, 0.5) is 5.69 Å². The van der Waals surface area contributed by atoms with E-state index in [1.165, 1.54) is 37.3 Å². The van der Waals surface area contributed by atoms with E-state index in [0.717, 1.165) is 0 Å². The van der Waals surface area contributed by atoms with Crippen molar-refractivity contribution in [3.05, 3.63) is 51.6 Å². The second kappa shape index (κ2) is 8.19. The van der Waals surface area contributed by atoms with Gasteiger partial charge in [-0.05, 0) is 31.1 Å². The number of aliphatic hydroxyl groups is 1. The quantitative estimate of drug-likeness (QED) is 0.295. The van der Waals surface area contributed by atoms with E-state index in [9.17, 15) is 29.6 Å². The smallest absolute Gasteiger partial charge is 0.338 e. The van der Waals surface area contributed by atoms with E-state index in [-0.39, 0.29) is 30.0 Å². The number of nitro groups is 1. The number of rotatable bonds is 5. The first-order valence-electron chi connectivity index (χ1n) is 11.1. The lowest BCUT2D eigenvalue weighted by atomic mass is 9.46. The normalized spacial score (nSPS) is 34.2. The molecule has 1 saturated carbocycles. The van der Waals surface area contributed by atoms with E-state index < -0.39 is 51.3 Å². The Morgan fingerprint density at radius 1 is 1.24 bits per heavy atom. The maximum atomic E-state index is 13.0. The van der Waals surface area contributed by atoms with Crippen molar-refractivity contribution in [2.75, 3.05) is 13.2 Å². The van der Waals surface area contributed by atoms with Crippen LogP contribution in [0, 0.1) is 26.9 Å². The highest BCUT2D eigenvalue weighted by Crippen LogP contribution is 2.63. The maximum absolute atomic E-state index is 13.0. The molecule has 1 heterocycles. The Bertz CT molecular complexity index is 1080. The summed E-state index contributed by atoms with van der Waals surface area (Å²) in [6, 6.07) is 5.01. The summed E-state index contributed by atoms with van der Waals surface area (Å²) in [4.78, 5) is 47.4. The number of cyclic esters (lactones) is 1. The molecule has 0 unspecified atom stereocenters. The van der Waals surface area contributed by atoms with Gasteiger partial charge in [0.15, 0.2) is 0 Å². The Balaban J connectivity index is 1.74. The van der Waals surface area contributed by atoms with Gasteiger partial charge in [0.25, 0.3) is 5.69 Å². The average molecular weight is 473 g/mol. The molecule has 2 fully saturated rings. The van der Waals surface area contributed by atoms with Gasteiger partial charge in [-0.3, -0.25) is 14.9 Å². The Labute approximate surface area is 196 Å². The largest absolute Gasteiger partial charge is 0.465 e. The van der Waals surface area contributed by atoms with Crippen molar-refractivity contribution < 1.29 is 38.6 Å². The van der Waals surface area contributed by atoms with Crippen molar-refractivity contribution >= 4 is 23.6 Å². The Hall–Kier alpha value is -3.27. The SMILES string of the molecule is CC(=O)OC[C@@]1(C)CCC[C@@]2(C)[C@H]1[C@H](OC(=O)c1ccc([N+](=O)[O-])cc1)C=C1C(=O)OC[C@@]12O. The molecular formula is C24H27NO9. The molecule has 10 nitrogen and oxygen atoms in total. The van der Waals surface area contributed by atoms with Crippen LogP contribution in [0.2, 0.25) is 0 Å². The minimum Gasteiger partial charge on any atom is -0.465 e. The summed E-state index contributed by atoms with van der Waals surface area (Å²) in [5, 5.41) is 22.6. The molecule has 4 rings (SSSR count). The number of carbonyl (C=O) groups is 3. The van der Waals surface area contributed by atoms with Crippen molar-refractivity contribution in [3.8, 4) is 0 Å². The molecule has 0 spiro atoms. The zero-order valence-electron chi connectivity index (χ0n) is 19.2. The highest BCUT2D eigenvalue weighted by Gasteiger charge is 2.68. The third-order valence-corrected chi connectivity index (χ3v) is 7.73. The van der Waals surface area contributed by atoms with Crippen LogP contribution in [0.1, 0.15) is 50.4 Å². The minimum absolute atomic E-state index is 0.0578. The third kappa shape index (κ3) is 3.66. The van der Waals surface area contributed by atoms with Crippen molar-refractivity contribution in [2.45, 2.75) is 51.7 Å². The van der Waals surface area contributed by atoms with E-state index in [0.29, 0.717) is 19.3 Å². The summed E-state index contributed by atoms with van der Waals surface area (Å²) in [6.07, 6.45) is 2.43. The van der Waals surface area contributed by atoms with Gasteiger partial charge in [0.05, 0.1) is 22.7 Å². The number of esters is 3. The molecule has 1 N–H and O–H groups in total. The van der Waals surface area contributed by atoms with Gasteiger partial charge in [-0.1, -0.05) is 20.3 Å². The number of nitro benzene ring substituents is 1. The number of hydrogen-bond donors (Lipinski definition) is 1. The molecule has 182 valence electrons. The van der Waals surface area contributed by atoms with Gasteiger partial charge >= 0.3 is 17.9 Å². The molecule has 5 atom stereocenters. The molecule has 3 aliphatic rings. The van der Waals surface area contributed by atoms with Crippen molar-refractivity contribution in [1.29, 1.82) is 0 Å². The fourth-order valence-electron chi connectivity index (χ4n) is 6.04. The number of fused-ring (bicyclic) bond motifs is 3. The zero-order chi connectivity index (χ0) is 24.9. The average Bonchev–Trinajstić information content (AvgIpc) is 3.08. The summed E-state index contributed by atoms with van der Waals surface area (Å²) in [7, 11) is 0. The van der Waals surface area contributed by atoms with Gasteiger partial charge in [0.2, 0.25) is 0 Å². The van der Waals surface area contributed by atoms with Gasteiger partial charge in [0.1, 0.15) is 18.3 Å². The molecule has 2 aliphatic carbocycles. The second-order valence-corrected chi connectivity index (χ2v) is 9.87. The van der Waals surface area contributed by atoms with E-state index in [4.69, 9.17) is 14.2 Å². The summed E-state index contributed by atoms with van der Waals surface area (Å²) >= 11 is 0. The second-order valence-electron chi connectivity index (χ2n) is 9.87. The summed E-state index contributed by atoms with van der Waals surface area (Å²) < 4.78 is 16.5. The van der Waals surface area contributed by atoms with E-state index in [1.54, 1.807) is 0 Å². The Kier molecular flexibility index (Phi) is 5.75. The van der Waals surface area contributed by atoms with Crippen LogP contribution in [0.25, 0.3) is 0 Å². The molecule has 10 heteroatoms. The topological polar surface area (TPSA) is 142 Å². The predicted octanol–water partition coefficient (Wildman–Crippen LogP) is 2.72. The van der Waals surface area contributed by atoms with Crippen LogP contribution in [-0.4, -0.2) is 52.9 Å². The van der Waals surface area contributed by atoms with E-state index in [2.05, 4.69) is 0 Å². The van der Waals surface area contributed by atoms with E-state index in [1.807, 2.05) is 13.8 Å². The number of ether oxygens (including phenoxy) is 3. The summed E-state index contributed by atoms with van der Waals surface area (Å²) in [5.41, 5.74) is -3.13. The molecule has 0 amide bonds. The summed E-state index contributed by atoms with van der Waals surface area (Å²) in [6.45, 7) is 4.95. The van der Waals surface area contributed by atoms with Crippen LogP contribution in [0.3, 0.4) is 0 Å². The van der Waals surface area contributed by atoms with Gasteiger partial charge in [0, 0.05) is 35.8 Å². The Morgan fingerprint density at radius 3 is 2.53 bits per heavy atom. The first-order chi connectivity index (χ1) is 15.9. The van der Waals surface area contributed by atoms with Gasteiger partial charge in [-0.2, -0.15) is 0 Å². The van der Waals surface area contributed by atoms with Gasteiger partial charge in [-0.25, -0.2) is 9.59 Å². The van der Waals surface area contributed by atoms with Gasteiger partial charge < -0.3 is 19.3 Å². The molecule has 1 aromatic carbocycles. The van der Waals surface area contributed by atoms with Crippen LogP contribution < -0.4 is 0 Å². The molecule has 34 heavy (non-hydrogen) atoms. The molecule has 1 aliphatic heterocycles. The molecule has 0 radical (unpaired) electrons. The third-order valence-electron chi connectivity index (χ3n) is 7.73. The fraction of sp³-hybridized carbons (Fsp3) is 0.542. The highest BCUT2D eigenvalue weighted by atomic mass is 16.6. The van der Waals surface area contributed by atoms with Crippen LogP contribution in [0.5, 0.6) is 0 Å². The standard InChI is InChI=1S/C24H27NO9/c1-14(26)32-12-22(2)9-4-10-23(3)19(22)18(11-17-21(28)33-13-24(17,23)29)34-20(27)15-5-7-16(8-6-15)25(30)31/h5-8,11,18-19,29H,4,9-10,12-13H2,1-3H3/t18-,19+,22-,23+,24-/m1/s1. The number of carbonyl (C=O) groups excluding carboxylic acids is 3. The minimum atomic E-state index is -1.57. The molecule has 0 bridgehead atoms. The Morgan fingerprint density at radius 2 is 1.91 bits per heavy atom. The fourth-order valence-corrected chi connectivity index (χ4v) is 6.04.